The fourth-order valence-corrected chi connectivity index (χ4v) is 1.28. The molecule has 0 unspecified atom stereocenters. The van der Waals surface area contributed by atoms with Gasteiger partial charge in [-0.05, 0) is 12.1 Å². The van der Waals surface area contributed by atoms with Gasteiger partial charge in [-0.25, -0.2) is 8.78 Å². The minimum atomic E-state index is -2.72. The standard InChI is InChI=1S/C10H11ClF2/c1-2-7-10(12,13)8-3-5-9(11)6-4-8/h3-6H,2,7H2,1H3. The van der Waals surface area contributed by atoms with Crippen LogP contribution in [-0.2, 0) is 5.92 Å². The van der Waals surface area contributed by atoms with E-state index in [2.05, 4.69) is 0 Å². The van der Waals surface area contributed by atoms with Crippen LogP contribution in [0.3, 0.4) is 0 Å². The average molecular weight is 205 g/mol. The molecule has 0 nitrogen and oxygen atoms in total. The average Bonchev–Trinajstić information content (AvgIpc) is 2.05. The summed E-state index contributed by atoms with van der Waals surface area (Å²) in [5, 5.41) is 0.482. The van der Waals surface area contributed by atoms with Crippen molar-refractivity contribution in [2.24, 2.45) is 0 Å². The maximum absolute atomic E-state index is 13.2. The molecule has 0 saturated heterocycles. The molecule has 1 rings (SSSR count). The highest BCUT2D eigenvalue weighted by molar-refractivity contribution is 6.30. The molecule has 1 aromatic carbocycles. The van der Waals surface area contributed by atoms with Crippen molar-refractivity contribution in [2.45, 2.75) is 25.7 Å². The SMILES string of the molecule is CCCC(F)(F)c1ccc(Cl)cc1. The maximum Gasteiger partial charge on any atom is 0.273 e. The third-order valence-electron chi connectivity index (χ3n) is 1.83. The lowest BCUT2D eigenvalue weighted by atomic mass is 10.0. The molecular weight excluding hydrogens is 194 g/mol. The van der Waals surface area contributed by atoms with Crippen molar-refractivity contribution < 1.29 is 8.78 Å². The molecule has 3 heteroatoms. The first kappa shape index (κ1) is 10.5. The molecule has 0 spiro atoms. The molecule has 13 heavy (non-hydrogen) atoms. The lowest BCUT2D eigenvalue weighted by Gasteiger charge is -2.15. The molecule has 0 saturated carbocycles. The van der Waals surface area contributed by atoms with Gasteiger partial charge in [0.25, 0.3) is 5.92 Å². The molecule has 0 fully saturated rings. The summed E-state index contributed by atoms with van der Waals surface area (Å²) in [6.45, 7) is 1.74. The molecule has 0 N–H and O–H groups in total. The van der Waals surface area contributed by atoms with Crippen LogP contribution in [-0.4, -0.2) is 0 Å². The zero-order valence-electron chi connectivity index (χ0n) is 7.36. The molecule has 0 aliphatic carbocycles. The van der Waals surface area contributed by atoms with Gasteiger partial charge in [0.2, 0.25) is 0 Å². The van der Waals surface area contributed by atoms with Crippen LogP contribution in [0, 0.1) is 0 Å². The number of halogens is 3. The second-order valence-electron chi connectivity index (χ2n) is 2.96. The Balaban J connectivity index is 2.87. The fourth-order valence-electron chi connectivity index (χ4n) is 1.15. The Morgan fingerprint density at radius 3 is 2.23 bits per heavy atom. The highest BCUT2D eigenvalue weighted by atomic mass is 35.5. The van der Waals surface area contributed by atoms with E-state index in [1.54, 1.807) is 6.92 Å². The summed E-state index contributed by atoms with van der Waals surface area (Å²) in [6.07, 6.45) is 0.351. The minimum Gasteiger partial charge on any atom is -0.201 e. The predicted molar refractivity (Wildman–Crippen MR) is 50.3 cm³/mol. The summed E-state index contributed by atoms with van der Waals surface area (Å²) in [6, 6.07) is 5.72. The van der Waals surface area contributed by atoms with Crippen molar-refractivity contribution in [3.8, 4) is 0 Å². The van der Waals surface area contributed by atoms with Crippen molar-refractivity contribution >= 4 is 11.6 Å². The largest absolute Gasteiger partial charge is 0.273 e. The zero-order chi connectivity index (χ0) is 9.90. The van der Waals surface area contributed by atoms with E-state index in [0.29, 0.717) is 11.4 Å². The van der Waals surface area contributed by atoms with E-state index in [0.717, 1.165) is 0 Å². The van der Waals surface area contributed by atoms with Crippen molar-refractivity contribution in [2.75, 3.05) is 0 Å². The van der Waals surface area contributed by atoms with Gasteiger partial charge in [0.05, 0.1) is 0 Å². The van der Waals surface area contributed by atoms with Crippen LogP contribution >= 0.6 is 11.6 Å². The maximum atomic E-state index is 13.2. The number of alkyl halides is 2. The van der Waals surface area contributed by atoms with E-state index in [9.17, 15) is 8.78 Å². The molecule has 0 aliphatic heterocycles. The Hall–Kier alpha value is -0.630. The summed E-state index contributed by atoms with van der Waals surface area (Å²) in [7, 11) is 0. The summed E-state index contributed by atoms with van der Waals surface area (Å²) in [4.78, 5) is 0. The Bertz CT molecular complexity index is 267. The van der Waals surface area contributed by atoms with Crippen molar-refractivity contribution in [3.05, 3.63) is 34.9 Å². The van der Waals surface area contributed by atoms with E-state index < -0.39 is 5.92 Å². The summed E-state index contributed by atoms with van der Waals surface area (Å²) in [5.74, 6) is -2.72. The Morgan fingerprint density at radius 2 is 1.77 bits per heavy atom. The molecule has 0 radical (unpaired) electrons. The van der Waals surface area contributed by atoms with Gasteiger partial charge >= 0.3 is 0 Å². The Labute approximate surface area is 81.5 Å². The van der Waals surface area contributed by atoms with E-state index in [4.69, 9.17) is 11.6 Å². The van der Waals surface area contributed by atoms with Crippen LogP contribution < -0.4 is 0 Å². The first-order valence-electron chi connectivity index (χ1n) is 4.20. The minimum absolute atomic E-state index is 0.0405. The van der Waals surface area contributed by atoms with Crippen molar-refractivity contribution in [1.29, 1.82) is 0 Å². The smallest absolute Gasteiger partial charge is 0.201 e. The molecule has 72 valence electrons. The van der Waals surface area contributed by atoms with Gasteiger partial charge in [0.1, 0.15) is 0 Å². The first-order valence-corrected chi connectivity index (χ1v) is 4.58. The van der Waals surface area contributed by atoms with Crippen LogP contribution in [0.1, 0.15) is 25.3 Å². The van der Waals surface area contributed by atoms with E-state index >= 15 is 0 Å². The summed E-state index contributed by atoms with van der Waals surface area (Å²) < 4.78 is 26.5. The van der Waals surface area contributed by atoms with Crippen molar-refractivity contribution in [3.63, 3.8) is 0 Å². The normalized spacial score (nSPS) is 11.7. The Kier molecular flexibility index (Phi) is 3.26. The topological polar surface area (TPSA) is 0 Å². The van der Waals surface area contributed by atoms with Crippen LogP contribution in [0.4, 0.5) is 8.78 Å². The van der Waals surface area contributed by atoms with Gasteiger partial charge in [-0.1, -0.05) is 37.1 Å². The van der Waals surface area contributed by atoms with E-state index in [-0.39, 0.29) is 12.0 Å². The molecule has 0 aliphatic rings. The monoisotopic (exact) mass is 204 g/mol. The van der Waals surface area contributed by atoms with Gasteiger partial charge < -0.3 is 0 Å². The molecule has 1 aromatic rings. The van der Waals surface area contributed by atoms with Gasteiger partial charge in [-0.15, -0.1) is 0 Å². The van der Waals surface area contributed by atoms with E-state index in [1.807, 2.05) is 0 Å². The molecule has 0 amide bonds. The zero-order valence-corrected chi connectivity index (χ0v) is 8.11. The van der Waals surface area contributed by atoms with Gasteiger partial charge in [0.15, 0.2) is 0 Å². The highest BCUT2D eigenvalue weighted by Gasteiger charge is 2.29. The summed E-state index contributed by atoms with van der Waals surface area (Å²) in [5.41, 5.74) is 0.0405. The Morgan fingerprint density at radius 1 is 1.23 bits per heavy atom. The number of hydrogen-bond acceptors (Lipinski definition) is 0. The number of benzene rings is 1. The van der Waals surface area contributed by atoms with Crippen LogP contribution in [0.25, 0.3) is 0 Å². The fraction of sp³-hybridized carbons (Fsp3) is 0.400. The lowest BCUT2D eigenvalue weighted by Crippen LogP contribution is -2.12. The van der Waals surface area contributed by atoms with Crippen LogP contribution in [0.5, 0.6) is 0 Å². The third-order valence-corrected chi connectivity index (χ3v) is 2.08. The van der Waals surface area contributed by atoms with E-state index in [1.165, 1.54) is 24.3 Å². The quantitative estimate of drug-likeness (QED) is 0.691. The van der Waals surface area contributed by atoms with Gasteiger partial charge in [-0.2, -0.15) is 0 Å². The lowest BCUT2D eigenvalue weighted by molar-refractivity contribution is -0.0140. The second-order valence-corrected chi connectivity index (χ2v) is 3.40. The second kappa shape index (κ2) is 4.05. The number of hydrogen-bond donors (Lipinski definition) is 0. The van der Waals surface area contributed by atoms with Crippen molar-refractivity contribution in [1.82, 2.24) is 0 Å². The molecule has 0 heterocycles. The van der Waals surface area contributed by atoms with Gasteiger partial charge in [-0.3, -0.25) is 0 Å². The third kappa shape index (κ3) is 2.66. The molecule has 0 bridgehead atoms. The van der Waals surface area contributed by atoms with Gasteiger partial charge in [0, 0.05) is 17.0 Å². The van der Waals surface area contributed by atoms with Crippen LogP contribution in [0.2, 0.25) is 5.02 Å². The van der Waals surface area contributed by atoms with Crippen LogP contribution in [0.15, 0.2) is 24.3 Å². The highest BCUT2D eigenvalue weighted by Crippen LogP contribution is 2.33. The molecule has 0 aromatic heterocycles. The molecule has 0 atom stereocenters. The number of rotatable bonds is 3. The molecular formula is C10H11ClF2. The first-order chi connectivity index (χ1) is 6.06. The summed E-state index contributed by atoms with van der Waals surface area (Å²) >= 11 is 5.59. The predicted octanol–water partition coefficient (Wildman–Crippen LogP) is 4.23.